The van der Waals surface area contributed by atoms with Gasteiger partial charge in [0, 0.05) is 6.54 Å². The topological polar surface area (TPSA) is 46.6 Å². The van der Waals surface area contributed by atoms with Gasteiger partial charge in [-0.25, -0.2) is 8.51 Å². The molecule has 5 heteroatoms. The summed E-state index contributed by atoms with van der Waals surface area (Å²) in [6.45, 7) is 6.45. The second-order valence-corrected chi connectivity index (χ2v) is 6.88. The van der Waals surface area contributed by atoms with Crippen molar-refractivity contribution in [3.05, 3.63) is 0 Å². The molecule has 88 valence electrons. The summed E-state index contributed by atoms with van der Waals surface area (Å²) in [5.41, 5.74) is 0. The van der Waals surface area contributed by atoms with Crippen LogP contribution in [0.1, 0.15) is 33.6 Å². The minimum absolute atomic E-state index is 0.273. The normalized spacial score (nSPS) is 25.2. The summed E-state index contributed by atoms with van der Waals surface area (Å²) in [6, 6.07) is -0.324. The molecule has 0 aromatic rings. The quantitative estimate of drug-likeness (QED) is 0.671. The van der Waals surface area contributed by atoms with Crippen molar-refractivity contribution < 1.29 is 13.7 Å². The Hall–Kier alpha value is -0.420. The molecule has 1 aliphatic heterocycles. The average Bonchev–Trinajstić information content (AvgIpc) is 2.62. The molecule has 4 nitrogen and oxygen atoms in total. The van der Waals surface area contributed by atoms with E-state index in [9.17, 15) is 9.00 Å². The highest BCUT2D eigenvalue weighted by Gasteiger charge is 2.38. The molecule has 1 heterocycles. The molecule has 0 amide bonds. The van der Waals surface area contributed by atoms with Crippen molar-refractivity contribution in [2.45, 2.75) is 44.4 Å². The van der Waals surface area contributed by atoms with E-state index in [0.29, 0.717) is 6.54 Å². The van der Waals surface area contributed by atoms with Crippen LogP contribution in [-0.2, 0) is 20.5 Å². The van der Waals surface area contributed by atoms with Gasteiger partial charge in [0.2, 0.25) is 0 Å². The van der Waals surface area contributed by atoms with E-state index in [1.54, 1.807) is 4.31 Å². The van der Waals surface area contributed by atoms with Gasteiger partial charge in [-0.05, 0) is 33.6 Å². The van der Waals surface area contributed by atoms with Crippen LogP contribution in [0.5, 0.6) is 0 Å². The Morgan fingerprint density at radius 1 is 1.47 bits per heavy atom. The van der Waals surface area contributed by atoms with Crippen LogP contribution in [0.25, 0.3) is 0 Å². The summed E-state index contributed by atoms with van der Waals surface area (Å²) >= 11 is 0. The second-order valence-electron chi connectivity index (χ2n) is 4.68. The number of nitrogens with zero attached hydrogens (tertiary/aromatic N) is 1. The molecule has 1 fully saturated rings. The number of ether oxygens (including phenoxy) is 1. The van der Waals surface area contributed by atoms with Gasteiger partial charge in [-0.15, -0.1) is 0 Å². The first kappa shape index (κ1) is 12.6. The predicted octanol–water partition coefficient (Wildman–Crippen LogP) is 1.09. The molecule has 2 atom stereocenters. The molecule has 0 unspecified atom stereocenters. The molecule has 0 aliphatic carbocycles. The van der Waals surface area contributed by atoms with Gasteiger partial charge in [0.15, 0.2) is 0 Å². The smallest absolute Gasteiger partial charge is 0.324 e. The van der Waals surface area contributed by atoms with Crippen molar-refractivity contribution in [2.24, 2.45) is 0 Å². The fourth-order valence-corrected chi connectivity index (χ4v) is 3.08. The van der Waals surface area contributed by atoms with E-state index >= 15 is 0 Å². The van der Waals surface area contributed by atoms with Crippen molar-refractivity contribution in [1.82, 2.24) is 4.31 Å². The highest BCUT2D eigenvalue weighted by molar-refractivity contribution is 7.84. The lowest BCUT2D eigenvalue weighted by atomic mass is 10.2. The summed E-state index contributed by atoms with van der Waals surface area (Å²) in [7, 11) is 0.241. The maximum atomic E-state index is 12.1. The van der Waals surface area contributed by atoms with E-state index in [2.05, 4.69) is 0 Å². The van der Waals surface area contributed by atoms with Crippen molar-refractivity contribution in [1.29, 1.82) is 0 Å². The molecular weight excluding hydrogens is 214 g/mol. The van der Waals surface area contributed by atoms with E-state index in [0.717, 1.165) is 12.8 Å². The minimum Gasteiger partial charge on any atom is -0.468 e. The van der Waals surface area contributed by atoms with Crippen LogP contribution in [0.4, 0.5) is 0 Å². The lowest BCUT2D eigenvalue weighted by Gasteiger charge is -2.28. The highest BCUT2D eigenvalue weighted by Crippen LogP contribution is 2.25. The van der Waals surface area contributed by atoms with Crippen LogP contribution in [0, 0.1) is 0 Å². The lowest BCUT2D eigenvalue weighted by Crippen LogP contribution is -2.44. The minimum atomic E-state index is -1.13. The van der Waals surface area contributed by atoms with Crippen molar-refractivity contribution in [3.8, 4) is 0 Å². The summed E-state index contributed by atoms with van der Waals surface area (Å²) < 4.78 is 18.3. The Kier molecular flexibility index (Phi) is 3.89. The number of methoxy groups -OCH3 is 1. The van der Waals surface area contributed by atoms with E-state index in [4.69, 9.17) is 4.74 Å². The van der Waals surface area contributed by atoms with Gasteiger partial charge < -0.3 is 4.74 Å². The zero-order valence-electron chi connectivity index (χ0n) is 9.78. The number of hydrogen-bond acceptors (Lipinski definition) is 3. The van der Waals surface area contributed by atoms with Crippen LogP contribution in [0.15, 0.2) is 0 Å². The van der Waals surface area contributed by atoms with E-state index < -0.39 is 11.0 Å². The first-order valence-corrected chi connectivity index (χ1v) is 6.25. The number of carbonyl (C=O) groups excluding carboxylic acids is 1. The van der Waals surface area contributed by atoms with Gasteiger partial charge in [-0.2, -0.15) is 0 Å². The van der Waals surface area contributed by atoms with E-state index in [-0.39, 0.29) is 16.8 Å². The molecule has 1 aliphatic rings. The van der Waals surface area contributed by atoms with Gasteiger partial charge in [-0.3, -0.25) is 4.79 Å². The van der Waals surface area contributed by atoms with Crippen LogP contribution >= 0.6 is 0 Å². The Morgan fingerprint density at radius 2 is 2.07 bits per heavy atom. The molecule has 0 aromatic heterocycles. The standard InChI is InChI=1S/C10H19NO3S/c1-10(2,3)15(13)11-7-5-6-8(11)9(12)14-4/h8H,5-7H2,1-4H3/t8-,15-/m0/s1. The SMILES string of the molecule is COC(=O)[C@@H]1CCCN1[S@@](=O)C(C)(C)C. The lowest BCUT2D eigenvalue weighted by molar-refractivity contribution is -0.144. The fourth-order valence-electron chi connectivity index (χ4n) is 1.66. The fraction of sp³-hybridized carbons (Fsp3) is 0.900. The van der Waals surface area contributed by atoms with E-state index in [1.165, 1.54) is 7.11 Å². The van der Waals surface area contributed by atoms with Gasteiger partial charge in [-0.1, -0.05) is 0 Å². The number of rotatable bonds is 2. The molecule has 0 saturated carbocycles. The Bertz CT molecular complexity index is 272. The highest BCUT2D eigenvalue weighted by atomic mass is 32.2. The second kappa shape index (κ2) is 4.61. The summed E-state index contributed by atoms with van der Waals surface area (Å²) in [4.78, 5) is 11.5. The number of esters is 1. The van der Waals surface area contributed by atoms with Gasteiger partial charge >= 0.3 is 5.97 Å². The van der Waals surface area contributed by atoms with Crippen molar-refractivity contribution >= 4 is 17.0 Å². The molecule has 0 N–H and O–H groups in total. The first-order valence-electron chi connectivity index (χ1n) is 5.14. The summed E-state index contributed by atoms with van der Waals surface area (Å²) in [6.07, 6.45) is 1.65. The zero-order valence-corrected chi connectivity index (χ0v) is 10.6. The third-order valence-corrected chi connectivity index (χ3v) is 4.32. The number of hydrogen-bond donors (Lipinski definition) is 0. The third kappa shape index (κ3) is 2.78. The summed E-state index contributed by atoms with van der Waals surface area (Å²) in [5.74, 6) is -0.273. The molecule has 0 radical (unpaired) electrons. The largest absolute Gasteiger partial charge is 0.468 e. The maximum absolute atomic E-state index is 12.1. The molecule has 0 aromatic carbocycles. The zero-order chi connectivity index (χ0) is 11.6. The van der Waals surface area contributed by atoms with Crippen molar-refractivity contribution in [3.63, 3.8) is 0 Å². The predicted molar refractivity (Wildman–Crippen MR) is 59.6 cm³/mol. The van der Waals surface area contributed by atoms with Crippen LogP contribution in [0.2, 0.25) is 0 Å². The molecule has 1 rings (SSSR count). The van der Waals surface area contributed by atoms with Gasteiger partial charge in [0.25, 0.3) is 0 Å². The molecule has 0 spiro atoms. The maximum Gasteiger partial charge on any atom is 0.324 e. The van der Waals surface area contributed by atoms with Crippen LogP contribution < -0.4 is 0 Å². The van der Waals surface area contributed by atoms with Crippen LogP contribution in [0.3, 0.4) is 0 Å². The molecule has 1 saturated heterocycles. The number of carbonyl (C=O) groups is 1. The molecule has 15 heavy (non-hydrogen) atoms. The monoisotopic (exact) mass is 233 g/mol. The van der Waals surface area contributed by atoms with Crippen molar-refractivity contribution in [2.75, 3.05) is 13.7 Å². The average molecular weight is 233 g/mol. The third-order valence-electron chi connectivity index (χ3n) is 2.41. The Labute approximate surface area is 93.6 Å². The Balaban J connectivity index is 2.77. The Morgan fingerprint density at radius 3 is 2.53 bits per heavy atom. The van der Waals surface area contributed by atoms with Gasteiger partial charge in [0.1, 0.15) is 17.0 Å². The first-order chi connectivity index (χ1) is 6.88. The van der Waals surface area contributed by atoms with Crippen LogP contribution in [-0.4, -0.2) is 38.9 Å². The summed E-state index contributed by atoms with van der Waals surface area (Å²) in [5, 5.41) is 0. The molecule has 0 bridgehead atoms. The van der Waals surface area contributed by atoms with E-state index in [1.807, 2.05) is 20.8 Å². The van der Waals surface area contributed by atoms with Gasteiger partial charge in [0.05, 0.1) is 11.9 Å². The molecular formula is C10H19NO3S.